The third kappa shape index (κ3) is 4.54. The molecule has 1 aromatic rings. The topological polar surface area (TPSA) is 91.7 Å². The summed E-state index contributed by atoms with van der Waals surface area (Å²) in [5.41, 5.74) is 0.675. The van der Waals surface area contributed by atoms with Crippen molar-refractivity contribution in [3.8, 4) is 0 Å². The van der Waals surface area contributed by atoms with Crippen LogP contribution in [0, 0.1) is 0 Å². The van der Waals surface area contributed by atoms with Gasteiger partial charge in [-0.3, -0.25) is 0 Å². The zero-order chi connectivity index (χ0) is 12.9. The van der Waals surface area contributed by atoms with Crippen molar-refractivity contribution in [2.75, 3.05) is 12.4 Å². The number of carboxylic acids is 1. The molecule has 1 rings (SSSR count). The number of benzene rings is 1. The Bertz CT molecular complexity index is 475. The summed E-state index contributed by atoms with van der Waals surface area (Å²) in [6.07, 6.45) is 0.218. The number of hydrogen-bond donors (Lipinski definition) is 2. The minimum absolute atomic E-state index is 0.0653. The Morgan fingerprint density at radius 1 is 1.18 bits per heavy atom. The van der Waals surface area contributed by atoms with Gasteiger partial charge in [-0.25, -0.2) is 13.2 Å². The van der Waals surface area contributed by atoms with Crippen LogP contribution in [0.2, 0.25) is 0 Å². The van der Waals surface area contributed by atoms with Crippen LogP contribution >= 0.6 is 0 Å². The number of sulfone groups is 1. The lowest BCUT2D eigenvalue weighted by Gasteiger charge is -2.04. The van der Waals surface area contributed by atoms with Gasteiger partial charge in [-0.15, -0.1) is 0 Å². The number of carboxylic acid groups (broad SMARTS) is 1. The Balaban J connectivity index is 2.72. The molecule has 0 unspecified atom stereocenters. The fraction of sp³-hybridized carbons (Fsp3) is 0.364. The number of hydrogen-bond acceptors (Lipinski definition) is 4. The van der Waals surface area contributed by atoms with Gasteiger partial charge in [0.1, 0.15) is 0 Å². The molecule has 0 aromatic heterocycles. The van der Waals surface area contributed by atoms with Crippen LogP contribution in [0.5, 0.6) is 0 Å². The van der Waals surface area contributed by atoms with E-state index >= 15 is 0 Å². The Morgan fingerprint density at radius 3 is 2.24 bits per heavy atom. The number of aliphatic hydroxyl groups is 1. The van der Waals surface area contributed by atoms with Gasteiger partial charge in [0.2, 0.25) is 0 Å². The predicted octanol–water partition coefficient (Wildman–Crippen LogP) is 0.682. The molecule has 6 heteroatoms. The fourth-order valence-corrected chi connectivity index (χ4v) is 2.77. The fourth-order valence-electron chi connectivity index (χ4n) is 1.35. The SMILES string of the molecule is O=C(O)c1ccc(CS(=O)(=O)CCCO)cc1. The van der Waals surface area contributed by atoms with E-state index in [2.05, 4.69) is 0 Å². The third-order valence-electron chi connectivity index (χ3n) is 2.20. The van der Waals surface area contributed by atoms with Crippen molar-refractivity contribution in [2.45, 2.75) is 12.2 Å². The smallest absolute Gasteiger partial charge is 0.335 e. The Kier molecular flexibility index (Phi) is 4.65. The van der Waals surface area contributed by atoms with Gasteiger partial charge in [0.25, 0.3) is 0 Å². The van der Waals surface area contributed by atoms with Gasteiger partial charge in [-0.2, -0.15) is 0 Å². The summed E-state index contributed by atoms with van der Waals surface area (Å²) in [7, 11) is -3.24. The van der Waals surface area contributed by atoms with Gasteiger partial charge in [-0.1, -0.05) is 12.1 Å². The average molecular weight is 258 g/mol. The van der Waals surface area contributed by atoms with E-state index in [1.54, 1.807) is 0 Å². The normalized spacial score (nSPS) is 11.4. The maximum Gasteiger partial charge on any atom is 0.335 e. The lowest BCUT2D eigenvalue weighted by Crippen LogP contribution is -2.10. The van der Waals surface area contributed by atoms with Crippen LogP contribution in [-0.4, -0.2) is 37.0 Å². The molecular formula is C11H14O5S. The van der Waals surface area contributed by atoms with Crippen molar-refractivity contribution in [3.05, 3.63) is 35.4 Å². The average Bonchev–Trinajstić information content (AvgIpc) is 2.26. The summed E-state index contributed by atoms with van der Waals surface area (Å²) >= 11 is 0. The van der Waals surface area contributed by atoms with Gasteiger partial charge >= 0.3 is 5.97 Å². The summed E-state index contributed by atoms with van der Waals surface area (Å²) in [5, 5.41) is 17.2. The summed E-state index contributed by atoms with van der Waals surface area (Å²) in [6, 6.07) is 5.72. The highest BCUT2D eigenvalue weighted by Gasteiger charge is 2.12. The summed E-state index contributed by atoms with van der Waals surface area (Å²) in [5.74, 6) is -1.24. The zero-order valence-corrected chi connectivity index (χ0v) is 9.98. The van der Waals surface area contributed by atoms with Crippen LogP contribution in [-0.2, 0) is 15.6 Å². The number of carbonyl (C=O) groups is 1. The minimum Gasteiger partial charge on any atom is -0.478 e. The number of aromatic carboxylic acids is 1. The minimum atomic E-state index is -3.24. The van der Waals surface area contributed by atoms with Crippen LogP contribution in [0.4, 0.5) is 0 Å². The lowest BCUT2D eigenvalue weighted by atomic mass is 10.1. The van der Waals surface area contributed by atoms with Crippen LogP contribution in [0.1, 0.15) is 22.3 Å². The quantitative estimate of drug-likeness (QED) is 0.783. The first-order valence-corrected chi connectivity index (χ1v) is 6.90. The second-order valence-electron chi connectivity index (χ2n) is 3.67. The van der Waals surface area contributed by atoms with Crippen molar-refractivity contribution in [1.82, 2.24) is 0 Å². The van der Waals surface area contributed by atoms with Crippen LogP contribution in [0.15, 0.2) is 24.3 Å². The van der Waals surface area contributed by atoms with Crippen molar-refractivity contribution in [2.24, 2.45) is 0 Å². The molecule has 0 fully saturated rings. The molecular weight excluding hydrogens is 244 g/mol. The van der Waals surface area contributed by atoms with E-state index in [4.69, 9.17) is 10.2 Å². The van der Waals surface area contributed by atoms with E-state index < -0.39 is 15.8 Å². The van der Waals surface area contributed by atoms with Gasteiger partial charge < -0.3 is 10.2 Å². The maximum atomic E-state index is 11.6. The van der Waals surface area contributed by atoms with E-state index in [0.29, 0.717) is 5.56 Å². The van der Waals surface area contributed by atoms with E-state index in [1.807, 2.05) is 0 Å². The van der Waals surface area contributed by atoms with Gasteiger partial charge in [0, 0.05) is 6.61 Å². The van der Waals surface area contributed by atoms with Gasteiger partial charge in [-0.05, 0) is 24.1 Å². The molecule has 0 atom stereocenters. The van der Waals surface area contributed by atoms with E-state index in [1.165, 1.54) is 24.3 Å². The van der Waals surface area contributed by atoms with Crippen LogP contribution < -0.4 is 0 Å². The first-order valence-electron chi connectivity index (χ1n) is 5.08. The van der Waals surface area contributed by atoms with Crippen LogP contribution in [0.25, 0.3) is 0 Å². The molecule has 0 saturated carbocycles. The third-order valence-corrected chi connectivity index (χ3v) is 3.88. The summed E-state index contributed by atoms with van der Waals surface area (Å²) < 4.78 is 23.1. The summed E-state index contributed by atoms with van der Waals surface area (Å²) in [6.45, 7) is -0.156. The van der Waals surface area contributed by atoms with Gasteiger partial charge in [0.05, 0.1) is 17.1 Å². The molecule has 0 radical (unpaired) electrons. The number of aliphatic hydroxyl groups excluding tert-OH is 1. The lowest BCUT2D eigenvalue weighted by molar-refractivity contribution is 0.0697. The van der Waals surface area contributed by atoms with E-state index in [9.17, 15) is 13.2 Å². The maximum absolute atomic E-state index is 11.6. The predicted molar refractivity (Wildman–Crippen MR) is 62.6 cm³/mol. The number of rotatable bonds is 6. The monoisotopic (exact) mass is 258 g/mol. The molecule has 0 spiro atoms. The molecule has 0 bridgehead atoms. The zero-order valence-electron chi connectivity index (χ0n) is 9.17. The first-order chi connectivity index (χ1) is 7.94. The second kappa shape index (κ2) is 5.79. The Morgan fingerprint density at radius 2 is 1.76 bits per heavy atom. The van der Waals surface area contributed by atoms with Gasteiger partial charge in [0.15, 0.2) is 9.84 Å². The Hall–Kier alpha value is -1.40. The molecule has 0 amide bonds. The van der Waals surface area contributed by atoms with Crippen molar-refractivity contribution < 1.29 is 23.4 Å². The Labute approximate surface area is 99.6 Å². The first kappa shape index (κ1) is 13.7. The van der Waals surface area contributed by atoms with Crippen molar-refractivity contribution in [3.63, 3.8) is 0 Å². The molecule has 0 aliphatic heterocycles. The molecule has 5 nitrogen and oxygen atoms in total. The molecule has 94 valence electrons. The highest BCUT2D eigenvalue weighted by Crippen LogP contribution is 2.09. The highest BCUT2D eigenvalue weighted by atomic mass is 32.2. The molecule has 0 saturated heterocycles. The van der Waals surface area contributed by atoms with Crippen molar-refractivity contribution >= 4 is 15.8 Å². The summed E-state index contributed by atoms with van der Waals surface area (Å²) in [4.78, 5) is 10.6. The van der Waals surface area contributed by atoms with Crippen molar-refractivity contribution in [1.29, 1.82) is 0 Å². The molecule has 0 heterocycles. The molecule has 2 N–H and O–H groups in total. The molecule has 0 aliphatic rings. The molecule has 0 aliphatic carbocycles. The molecule has 1 aromatic carbocycles. The second-order valence-corrected chi connectivity index (χ2v) is 5.86. The largest absolute Gasteiger partial charge is 0.478 e. The highest BCUT2D eigenvalue weighted by molar-refractivity contribution is 7.90. The standard InChI is InChI=1S/C11H14O5S/c12-6-1-7-17(15,16)8-9-2-4-10(5-3-9)11(13)14/h2-5,12H,1,6-8H2,(H,13,14). The van der Waals surface area contributed by atoms with Crippen LogP contribution in [0.3, 0.4) is 0 Å². The van der Waals surface area contributed by atoms with E-state index in [0.717, 1.165) is 0 Å². The van der Waals surface area contributed by atoms with E-state index in [-0.39, 0.29) is 30.1 Å². The molecule has 17 heavy (non-hydrogen) atoms.